The number of carbonyl (C=O) groups is 1. The van der Waals surface area contributed by atoms with Gasteiger partial charge in [-0.2, -0.15) is 0 Å². The van der Waals surface area contributed by atoms with E-state index >= 15 is 0 Å². The van der Waals surface area contributed by atoms with E-state index < -0.39 is 12.0 Å². The number of carboxylic acids is 1. The van der Waals surface area contributed by atoms with Crippen LogP contribution in [0.4, 0.5) is 0 Å². The summed E-state index contributed by atoms with van der Waals surface area (Å²) in [7, 11) is 4.61. The predicted octanol–water partition coefficient (Wildman–Crippen LogP) is 1.81. The zero-order valence-corrected chi connectivity index (χ0v) is 11.4. The largest absolute Gasteiger partial charge is 0.493 e. The Bertz CT molecular complexity index is 422. The Kier molecular flexibility index (Phi) is 4.77. The molecule has 0 aliphatic carbocycles. The third-order valence-electron chi connectivity index (χ3n) is 2.35. The summed E-state index contributed by atoms with van der Waals surface area (Å²) < 4.78 is 10.9. The van der Waals surface area contributed by atoms with Crippen molar-refractivity contribution in [3.63, 3.8) is 0 Å². The van der Waals surface area contributed by atoms with Gasteiger partial charge in [-0.05, 0) is 24.7 Å². The third kappa shape index (κ3) is 2.89. The van der Waals surface area contributed by atoms with Gasteiger partial charge in [0.05, 0.1) is 14.2 Å². The van der Waals surface area contributed by atoms with Crippen LogP contribution >= 0.6 is 15.9 Å². The molecule has 0 aliphatic heterocycles. The standard InChI is InChI=1S/C11H14BrNO4/c1-13-10(11(14)15)6-4-8(16-2)9(17-3)5-7(6)12/h4-5,10,13H,1-3H3,(H,14,15). The van der Waals surface area contributed by atoms with E-state index in [1.165, 1.54) is 14.2 Å². The molecule has 0 saturated carbocycles. The number of nitrogens with one attached hydrogen (secondary N) is 1. The van der Waals surface area contributed by atoms with Gasteiger partial charge in [-0.1, -0.05) is 15.9 Å². The van der Waals surface area contributed by atoms with Crippen molar-refractivity contribution in [3.8, 4) is 11.5 Å². The summed E-state index contributed by atoms with van der Waals surface area (Å²) in [5.74, 6) is 0.0796. The number of aliphatic carboxylic acids is 1. The summed E-state index contributed by atoms with van der Waals surface area (Å²) >= 11 is 3.32. The molecule has 0 radical (unpaired) electrons. The smallest absolute Gasteiger partial charge is 0.325 e. The molecule has 0 spiro atoms. The molecule has 1 aromatic carbocycles. The SMILES string of the molecule is CNC(C(=O)O)c1cc(OC)c(OC)cc1Br. The number of hydrogen-bond acceptors (Lipinski definition) is 4. The molecule has 0 aliphatic rings. The number of halogens is 1. The predicted molar refractivity (Wildman–Crippen MR) is 66.7 cm³/mol. The molecule has 1 rings (SSSR count). The number of carboxylic acid groups (broad SMARTS) is 1. The van der Waals surface area contributed by atoms with Crippen LogP contribution in [0.25, 0.3) is 0 Å². The zero-order chi connectivity index (χ0) is 13.0. The van der Waals surface area contributed by atoms with Crippen LogP contribution in [0.5, 0.6) is 11.5 Å². The van der Waals surface area contributed by atoms with Crippen LogP contribution in [0, 0.1) is 0 Å². The molecule has 1 atom stereocenters. The van der Waals surface area contributed by atoms with Gasteiger partial charge in [0, 0.05) is 4.47 Å². The van der Waals surface area contributed by atoms with Gasteiger partial charge in [-0.15, -0.1) is 0 Å². The van der Waals surface area contributed by atoms with Gasteiger partial charge in [-0.3, -0.25) is 4.79 Å². The van der Waals surface area contributed by atoms with Crippen LogP contribution in [-0.2, 0) is 4.79 Å². The lowest BCUT2D eigenvalue weighted by Gasteiger charge is -2.16. The van der Waals surface area contributed by atoms with Crippen molar-refractivity contribution < 1.29 is 19.4 Å². The van der Waals surface area contributed by atoms with Gasteiger partial charge >= 0.3 is 5.97 Å². The molecule has 6 heteroatoms. The zero-order valence-electron chi connectivity index (χ0n) is 9.78. The maximum Gasteiger partial charge on any atom is 0.325 e. The van der Waals surface area contributed by atoms with Gasteiger partial charge in [0.25, 0.3) is 0 Å². The number of ether oxygens (including phenoxy) is 2. The Hall–Kier alpha value is -1.27. The highest BCUT2D eigenvalue weighted by atomic mass is 79.9. The summed E-state index contributed by atoms with van der Waals surface area (Å²) in [5.41, 5.74) is 0.581. The van der Waals surface area contributed by atoms with Crippen molar-refractivity contribution in [1.29, 1.82) is 0 Å². The van der Waals surface area contributed by atoms with Crippen LogP contribution < -0.4 is 14.8 Å². The molecule has 0 bridgehead atoms. The fourth-order valence-corrected chi connectivity index (χ4v) is 2.05. The van der Waals surface area contributed by atoms with Gasteiger partial charge in [-0.25, -0.2) is 0 Å². The number of methoxy groups -OCH3 is 2. The van der Waals surface area contributed by atoms with Crippen molar-refractivity contribution >= 4 is 21.9 Å². The average Bonchev–Trinajstić information content (AvgIpc) is 2.31. The van der Waals surface area contributed by atoms with E-state index in [1.54, 1.807) is 19.2 Å². The summed E-state index contributed by atoms with van der Waals surface area (Å²) in [4.78, 5) is 11.1. The molecule has 2 N–H and O–H groups in total. The highest BCUT2D eigenvalue weighted by Crippen LogP contribution is 2.35. The highest BCUT2D eigenvalue weighted by molar-refractivity contribution is 9.10. The second kappa shape index (κ2) is 5.88. The lowest BCUT2D eigenvalue weighted by atomic mass is 10.1. The molecular weight excluding hydrogens is 290 g/mol. The molecule has 5 nitrogen and oxygen atoms in total. The lowest BCUT2D eigenvalue weighted by molar-refractivity contribution is -0.139. The highest BCUT2D eigenvalue weighted by Gasteiger charge is 2.22. The maximum absolute atomic E-state index is 11.1. The Balaban J connectivity index is 3.29. The van der Waals surface area contributed by atoms with Crippen LogP contribution in [0.2, 0.25) is 0 Å². The Morgan fingerprint density at radius 2 is 1.88 bits per heavy atom. The maximum atomic E-state index is 11.1. The summed E-state index contributed by atoms with van der Waals surface area (Å²) in [6.45, 7) is 0. The van der Waals surface area contributed by atoms with Crippen molar-refractivity contribution in [2.24, 2.45) is 0 Å². The summed E-state index contributed by atoms with van der Waals surface area (Å²) in [5, 5.41) is 11.8. The van der Waals surface area contributed by atoms with Crippen molar-refractivity contribution in [1.82, 2.24) is 5.32 Å². The number of likely N-dealkylation sites (N-methyl/N-ethyl adjacent to an activating group) is 1. The molecular formula is C11H14BrNO4. The van der Waals surface area contributed by atoms with Crippen molar-refractivity contribution in [3.05, 3.63) is 22.2 Å². The molecule has 17 heavy (non-hydrogen) atoms. The number of rotatable bonds is 5. The molecule has 1 aromatic rings. The van der Waals surface area contributed by atoms with Crippen LogP contribution in [0.15, 0.2) is 16.6 Å². The van der Waals surface area contributed by atoms with Crippen LogP contribution in [0.3, 0.4) is 0 Å². The first-order valence-electron chi connectivity index (χ1n) is 4.86. The minimum absolute atomic E-state index is 0.493. The minimum Gasteiger partial charge on any atom is -0.493 e. The molecule has 0 saturated heterocycles. The molecule has 94 valence electrons. The molecule has 0 amide bonds. The monoisotopic (exact) mass is 303 g/mol. The number of hydrogen-bond donors (Lipinski definition) is 2. The average molecular weight is 304 g/mol. The Labute approximate surface area is 108 Å². The van der Waals surface area contributed by atoms with E-state index in [9.17, 15) is 4.79 Å². The second-order valence-electron chi connectivity index (χ2n) is 3.29. The fraction of sp³-hybridized carbons (Fsp3) is 0.364. The third-order valence-corrected chi connectivity index (χ3v) is 3.04. The van der Waals surface area contributed by atoms with Crippen molar-refractivity contribution in [2.45, 2.75) is 6.04 Å². The van der Waals surface area contributed by atoms with Gasteiger partial charge in [0.15, 0.2) is 11.5 Å². The van der Waals surface area contributed by atoms with E-state index in [2.05, 4.69) is 21.2 Å². The molecule has 0 aromatic heterocycles. The van der Waals surface area contributed by atoms with Crippen LogP contribution in [0.1, 0.15) is 11.6 Å². The molecule has 0 heterocycles. The first-order valence-corrected chi connectivity index (χ1v) is 5.66. The summed E-state index contributed by atoms with van der Waals surface area (Å²) in [6.07, 6.45) is 0. The normalized spacial score (nSPS) is 12.0. The number of benzene rings is 1. The van der Waals surface area contributed by atoms with Gasteiger partial charge in [0.1, 0.15) is 6.04 Å². The first kappa shape index (κ1) is 13.8. The van der Waals surface area contributed by atoms with E-state index in [1.807, 2.05) is 0 Å². The lowest BCUT2D eigenvalue weighted by Crippen LogP contribution is -2.25. The van der Waals surface area contributed by atoms with E-state index in [-0.39, 0.29) is 0 Å². The molecule has 0 fully saturated rings. The van der Waals surface area contributed by atoms with Gasteiger partial charge < -0.3 is 19.9 Å². The van der Waals surface area contributed by atoms with Crippen LogP contribution in [-0.4, -0.2) is 32.3 Å². The van der Waals surface area contributed by atoms with E-state index in [4.69, 9.17) is 14.6 Å². The van der Waals surface area contributed by atoms with E-state index in [0.717, 1.165) is 0 Å². The quantitative estimate of drug-likeness (QED) is 0.868. The Morgan fingerprint density at radius 3 is 2.29 bits per heavy atom. The fourth-order valence-electron chi connectivity index (χ4n) is 1.50. The Morgan fingerprint density at radius 1 is 1.35 bits per heavy atom. The molecule has 1 unspecified atom stereocenters. The topological polar surface area (TPSA) is 67.8 Å². The van der Waals surface area contributed by atoms with E-state index in [0.29, 0.717) is 21.5 Å². The minimum atomic E-state index is -0.958. The summed E-state index contributed by atoms with van der Waals surface area (Å²) in [6, 6.07) is 2.52. The van der Waals surface area contributed by atoms with Crippen molar-refractivity contribution in [2.75, 3.05) is 21.3 Å². The first-order chi connectivity index (χ1) is 8.04. The van der Waals surface area contributed by atoms with Gasteiger partial charge in [0.2, 0.25) is 0 Å². The second-order valence-corrected chi connectivity index (χ2v) is 4.14.